The second-order valence-corrected chi connectivity index (χ2v) is 8.89. The van der Waals surface area contributed by atoms with Crippen LogP contribution in [0.1, 0.15) is 10.4 Å². The van der Waals surface area contributed by atoms with Crippen LogP contribution in [0.5, 0.6) is 0 Å². The fraction of sp³-hybridized carbons (Fsp3) is 0.412. The molecule has 1 saturated heterocycles. The Balaban J connectivity index is 1.74. The first-order chi connectivity index (χ1) is 12.3. The number of aromatic amines is 1. The number of sulfonamides is 1. The Hall–Kier alpha value is -2.23. The van der Waals surface area contributed by atoms with Gasteiger partial charge in [0, 0.05) is 50.4 Å². The van der Waals surface area contributed by atoms with E-state index < -0.39 is 22.0 Å². The quantitative estimate of drug-likeness (QED) is 0.783. The molecule has 1 aliphatic rings. The van der Waals surface area contributed by atoms with Crippen LogP contribution in [0.4, 0.5) is 0 Å². The van der Waals surface area contributed by atoms with Crippen LogP contribution in [-0.2, 0) is 10.0 Å². The fourth-order valence-electron chi connectivity index (χ4n) is 3.03. The van der Waals surface area contributed by atoms with Crippen LogP contribution in [-0.4, -0.2) is 77.9 Å². The predicted octanol–water partition coefficient (Wildman–Crippen LogP) is 0.401. The van der Waals surface area contributed by atoms with Crippen molar-refractivity contribution < 1.29 is 18.3 Å². The number of aliphatic hydroxyl groups excluding tert-OH is 1. The Bertz CT molecular complexity index is 880. The largest absolute Gasteiger partial charge is 0.391 e. The minimum Gasteiger partial charge on any atom is -0.391 e. The van der Waals surface area contributed by atoms with Gasteiger partial charge in [-0.25, -0.2) is 12.7 Å². The number of nitrogens with zero attached hydrogens (tertiary/aromatic N) is 3. The molecule has 1 aromatic carbocycles. The number of benzene rings is 1. The second-order valence-electron chi connectivity index (χ2n) is 6.67. The summed E-state index contributed by atoms with van der Waals surface area (Å²) in [6, 6.07) is 7.15. The fourth-order valence-corrected chi connectivity index (χ4v) is 4.19. The van der Waals surface area contributed by atoms with Crippen LogP contribution in [0.25, 0.3) is 11.1 Å². The van der Waals surface area contributed by atoms with Gasteiger partial charge in [0.2, 0.25) is 10.0 Å². The van der Waals surface area contributed by atoms with Gasteiger partial charge in [0.05, 0.1) is 18.1 Å². The lowest BCUT2D eigenvalue weighted by Crippen LogP contribution is -2.33. The maximum atomic E-state index is 12.8. The zero-order valence-corrected chi connectivity index (χ0v) is 15.5. The number of aromatic nitrogens is 2. The van der Waals surface area contributed by atoms with E-state index in [1.807, 2.05) is 6.07 Å². The number of amides is 1. The van der Waals surface area contributed by atoms with Crippen LogP contribution >= 0.6 is 0 Å². The molecule has 2 atom stereocenters. The lowest BCUT2D eigenvalue weighted by molar-refractivity contribution is 0.0765. The summed E-state index contributed by atoms with van der Waals surface area (Å²) in [4.78, 5) is 14.3. The zero-order chi connectivity index (χ0) is 18.9. The van der Waals surface area contributed by atoms with Gasteiger partial charge < -0.3 is 10.0 Å². The van der Waals surface area contributed by atoms with Gasteiger partial charge in [-0.05, 0) is 17.7 Å². The third-order valence-electron chi connectivity index (χ3n) is 4.62. The number of likely N-dealkylation sites (tertiary alicyclic amines) is 1. The van der Waals surface area contributed by atoms with E-state index in [0.717, 1.165) is 15.4 Å². The number of hydrogen-bond donors (Lipinski definition) is 2. The summed E-state index contributed by atoms with van der Waals surface area (Å²) in [5.41, 5.74) is 2.22. The lowest BCUT2D eigenvalue weighted by atomic mass is 10.1. The minimum absolute atomic E-state index is 0.127. The topological polar surface area (TPSA) is 107 Å². The zero-order valence-electron chi connectivity index (χ0n) is 14.7. The summed E-state index contributed by atoms with van der Waals surface area (Å²) in [5.74, 6) is -0.900. The van der Waals surface area contributed by atoms with Crippen LogP contribution in [0.2, 0.25) is 0 Å². The van der Waals surface area contributed by atoms with E-state index >= 15 is 0 Å². The first-order valence-electron chi connectivity index (χ1n) is 8.24. The highest BCUT2D eigenvalue weighted by atomic mass is 32.2. The van der Waals surface area contributed by atoms with Crippen LogP contribution in [0.15, 0.2) is 36.7 Å². The number of nitrogens with one attached hydrogen (secondary N) is 1. The van der Waals surface area contributed by atoms with Gasteiger partial charge in [0.1, 0.15) is 0 Å². The molecular formula is C17H22N4O4S. The molecule has 0 aliphatic carbocycles. The van der Waals surface area contributed by atoms with Gasteiger partial charge in [0.15, 0.2) is 0 Å². The third kappa shape index (κ3) is 3.79. The highest BCUT2D eigenvalue weighted by Gasteiger charge is 2.37. The molecule has 1 fully saturated rings. The molecule has 1 amide bonds. The van der Waals surface area contributed by atoms with Crippen molar-refractivity contribution in [2.75, 3.05) is 32.9 Å². The summed E-state index contributed by atoms with van der Waals surface area (Å²) in [5, 5.41) is 16.9. The van der Waals surface area contributed by atoms with Crippen LogP contribution < -0.4 is 0 Å². The molecule has 0 bridgehead atoms. The number of carbonyl (C=O) groups is 1. The monoisotopic (exact) mass is 378 g/mol. The van der Waals surface area contributed by atoms with E-state index in [2.05, 4.69) is 10.2 Å². The third-order valence-corrected chi connectivity index (χ3v) is 6.58. The van der Waals surface area contributed by atoms with E-state index in [0.29, 0.717) is 5.56 Å². The molecule has 2 heterocycles. The predicted molar refractivity (Wildman–Crippen MR) is 96.9 cm³/mol. The number of hydrogen-bond acceptors (Lipinski definition) is 5. The molecule has 26 heavy (non-hydrogen) atoms. The summed E-state index contributed by atoms with van der Waals surface area (Å²) in [7, 11) is -0.521. The van der Waals surface area contributed by atoms with E-state index in [1.165, 1.54) is 19.0 Å². The van der Waals surface area contributed by atoms with E-state index in [9.17, 15) is 18.3 Å². The minimum atomic E-state index is -3.44. The van der Waals surface area contributed by atoms with Crippen molar-refractivity contribution in [3.8, 4) is 11.1 Å². The molecule has 2 aromatic rings. The van der Waals surface area contributed by atoms with Crippen molar-refractivity contribution in [2.24, 2.45) is 5.92 Å². The van der Waals surface area contributed by atoms with Gasteiger partial charge in [-0.3, -0.25) is 9.89 Å². The van der Waals surface area contributed by atoms with Gasteiger partial charge in [-0.15, -0.1) is 0 Å². The number of rotatable bonds is 5. The highest BCUT2D eigenvalue weighted by molar-refractivity contribution is 7.89. The van der Waals surface area contributed by atoms with Crippen molar-refractivity contribution in [3.63, 3.8) is 0 Å². The van der Waals surface area contributed by atoms with Gasteiger partial charge in [-0.1, -0.05) is 12.1 Å². The molecule has 9 heteroatoms. The first kappa shape index (κ1) is 18.6. The Labute approximate surface area is 152 Å². The second kappa shape index (κ2) is 7.18. The SMILES string of the molecule is CN(C)S(=O)(=O)C[C@@H]1CN(C(=O)c2cccc(-c3cn[nH]c3)c2)C[C@@H]1O. The van der Waals surface area contributed by atoms with Gasteiger partial charge in [0.25, 0.3) is 5.91 Å². The number of carbonyl (C=O) groups excluding carboxylic acids is 1. The molecule has 0 unspecified atom stereocenters. The van der Waals surface area contributed by atoms with Crippen molar-refractivity contribution in [1.29, 1.82) is 0 Å². The Morgan fingerprint density at radius 2 is 2.12 bits per heavy atom. The Morgan fingerprint density at radius 1 is 1.35 bits per heavy atom. The number of H-pyrrole nitrogens is 1. The smallest absolute Gasteiger partial charge is 0.253 e. The molecule has 3 rings (SSSR count). The molecular weight excluding hydrogens is 356 g/mol. The van der Waals surface area contributed by atoms with E-state index in [4.69, 9.17) is 0 Å². The molecule has 140 valence electrons. The lowest BCUT2D eigenvalue weighted by Gasteiger charge is -2.18. The number of β-amino-alcohol motifs (C(OH)–C–C–N with tert-alkyl or cyclic N) is 1. The average Bonchev–Trinajstić information content (AvgIpc) is 3.25. The highest BCUT2D eigenvalue weighted by Crippen LogP contribution is 2.24. The molecule has 1 aromatic heterocycles. The standard InChI is InChI=1S/C17H22N4O4S/c1-20(2)26(24,25)11-15-9-21(10-16(15)22)17(23)13-5-3-4-12(6-13)14-7-18-19-8-14/h3-8,15-16,22H,9-11H2,1-2H3,(H,18,19)/t15-,16-/m0/s1. The van der Waals surface area contributed by atoms with Gasteiger partial charge in [-0.2, -0.15) is 5.10 Å². The first-order valence-corrected chi connectivity index (χ1v) is 9.85. The van der Waals surface area contributed by atoms with Gasteiger partial charge >= 0.3 is 0 Å². The molecule has 0 saturated carbocycles. The maximum absolute atomic E-state index is 12.8. The van der Waals surface area contributed by atoms with Crippen LogP contribution in [0.3, 0.4) is 0 Å². The maximum Gasteiger partial charge on any atom is 0.253 e. The normalized spacial score (nSPS) is 20.7. The summed E-state index contributed by atoms with van der Waals surface area (Å²) < 4.78 is 25.3. The van der Waals surface area contributed by atoms with Crippen molar-refractivity contribution >= 4 is 15.9 Å². The summed E-state index contributed by atoms with van der Waals surface area (Å²) in [6.07, 6.45) is 2.56. The molecule has 8 nitrogen and oxygen atoms in total. The van der Waals surface area contributed by atoms with E-state index in [-0.39, 0.29) is 24.7 Å². The Morgan fingerprint density at radius 3 is 2.77 bits per heavy atom. The molecule has 0 spiro atoms. The average molecular weight is 378 g/mol. The Kier molecular flexibility index (Phi) is 5.12. The van der Waals surface area contributed by atoms with E-state index in [1.54, 1.807) is 30.6 Å². The van der Waals surface area contributed by atoms with Crippen LogP contribution in [0, 0.1) is 5.92 Å². The van der Waals surface area contributed by atoms with Crippen molar-refractivity contribution in [1.82, 2.24) is 19.4 Å². The molecule has 2 N–H and O–H groups in total. The number of aliphatic hydroxyl groups is 1. The summed E-state index contributed by atoms with van der Waals surface area (Å²) in [6.45, 7) is 0.339. The van der Waals surface area contributed by atoms with Crippen molar-refractivity contribution in [3.05, 3.63) is 42.2 Å². The summed E-state index contributed by atoms with van der Waals surface area (Å²) >= 11 is 0. The molecule has 1 aliphatic heterocycles. The molecule has 0 radical (unpaired) electrons. The van der Waals surface area contributed by atoms with Crippen molar-refractivity contribution in [2.45, 2.75) is 6.10 Å².